The summed E-state index contributed by atoms with van der Waals surface area (Å²) in [4.78, 5) is 25.2. The van der Waals surface area contributed by atoms with Crippen LogP contribution < -0.4 is 4.90 Å². The molecule has 0 N–H and O–H groups in total. The van der Waals surface area contributed by atoms with Crippen molar-refractivity contribution in [2.24, 2.45) is 5.92 Å². The van der Waals surface area contributed by atoms with Crippen LogP contribution in [-0.4, -0.2) is 18.2 Å². The molecular formula is C14H12F2N2O2. The van der Waals surface area contributed by atoms with Crippen LogP contribution in [0.1, 0.15) is 19.3 Å². The Morgan fingerprint density at radius 3 is 2.80 bits per heavy atom. The number of piperidine rings is 1. The van der Waals surface area contributed by atoms with Crippen LogP contribution in [0.25, 0.3) is 0 Å². The first kappa shape index (κ1) is 14.1. The van der Waals surface area contributed by atoms with Crippen LogP contribution in [0.2, 0.25) is 0 Å². The maximum atomic E-state index is 13.2. The van der Waals surface area contributed by atoms with Crippen LogP contribution in [0.3, 0.4) is 0 Å². The van der Waals surface area contributed by atoms with Crippen LogP contribution in [-0.2, 0) is 9.59 Å². The molecule has 1 aromatic rings. The molecule has 4 nitrogen and oxygen atoms in total. The molecule has 104 valence electrons. The summed E-state index contributed by atoms with van der Waals surface area (Å²) in [6, 6.07) is 4.90. The number of halogens is 2. The van der Waals surface area contributed by atoms with Crippen molar-refractivity contribution in [2.75, 3.05) is 11.4 Å². The van der Waals surface area contributed by atoms with E-state index in [9.17, 15) is 18.4 Å². The van der Waals surface area contributed by atoms with Gasteiger partial charge in [-0.15, -0.1) is 0 Å². The number of rotatable bonds is 3. The highest BCUT2D eigenvalue weighted by Gasteiger charge is 2.34. The van der Waals surface area contributed by atoms with Crippen molar-refractivity contribution in [1.29, 1.82) is 5.26 Å². The van der Waals surface area contributed by atoms with Gasteiger partial charge < -0.3 is 4.90 Å². The number of hydrogen-bond donors (Lipinski definition) is 0. The highest BCUT2D eigenvalue weighted by molar-refractivity contribution is 6.09. The van der Waals surface area contributed by atoms with E-state index in [1.54, 1.807) is 6.07 Å². The van der Waals surface area contributed by atoms with Crippen molar-refractivity contribution < 1.29 is 18.4 Å². The van der Waals surface area contributed by atoms with Gasteiger partial charge in [-0.25, -0.2) is 8.78 Å². The van der Waals surface area contributed by atoms with Crippen molar-refractivity contribution in [2.45, 2.75) is 19.3 Å². The Morgan fingerprint density at radius 2 is 2.15 bits per heavy atom. The van der Waals surface area contributed by atoms with E-state index < -0.39 is 29.2 Å². The normalized spacial score (nSPS) is 18.8. The fourth-order valence-corrected chi connectivity index (χ4v) is 2.28. The predicted molar refractivity (Wildman–Crippen MR) is 66.7 cm³/mol. The second-order valence-electron chi connectivity index (χ2n) is 4.58. The summed E-state index contributed by atoms with van der Waals surface area (Å²) in [5, 5.41) is 8.52. The molecule has 0 radical (unpaired) electrons. The molecule has 1 aliphatic heterocycles. The van der Waals surface area contributed by atoms with Crippen LogP contribution in [0.4, 0.5) is 14.5 Å². The van der Waals surface area contributed by atoms with E-state index in [1.165, 1.54) is 11.0 Å². The zero-order chi connectivity index (χ0) is 14.7. The van der Waals surface area contributed by atoms with Gasteiger partial charge in [0, 0.05) is 18.3 Å². The third kappa shape index (κ3) is 2.67. The summed E-state index contributed by atoms with van der Waals surface area (Å²) in [5.41, 5.74) is 0.225. The lowest BCUT2D eigenvalue weighted by atomic mass is 9.91. The standard InChI is InChI=1S/C14H12F2N2O2/c15-11-4-3-9(8-12(11)16)18-7-1-2-10(14(18)20)13(19)5-6-17/h3-4,8,10H,1-2,5,7H2/t10-/m1/s1. The van der Waals surface area contributed by atoms with Gasteiger partial charge >= 0.3 is 0 Å². The van der Waals surface area contributed by atoms with Crippen molar-refractivity contribution in [3.63, 3.8) is 0 Å². The number of Topliss-reactive ketones (excluding diaryl/α,β-unsaturated/α-hetero) is 1. The van der Waals surface area contributed by atoms with Gasteiger partial charge in [0.05, 0.1) is 18.4 Å². The molecule has 1 heterocycles. The molecule has 1 fully saturated rings. The minimum absolute atomic E-state index is 0.225. The zero-order valence-corrected chi connectivity index (χ0v) is 10.6. The number of benzene rings is 1. The van der Waals surface area contributed by atoms with Gasteiger partial charge in [0.2, 0.25) is 5.91 Å². The Labute approximate surface area is 114 Å². The Balaban J connectivity index is 2.24. The Morgan fingerprint density at radius 1 is 1.40 bits per heavy atom. The second kappa shape index (κ2) is 5.78. The van der Waals surface area contributed by atoms with Crippen molar-refractivity contribution in [1.82, 2.24) is 0 Å². The molecule has 1 aromatic carbocycles. The van der Waals surface area contributed by atoms with E-state index >= 15 is 0 Å². The topological polar surface area (TPSA) is 61.2 Å². The van der Waals surface area contributed by atoms with Gasteiger partial charge in [0.15, 0.2) is 17.4 Å². The van der Waals surface area contributed by atoms with Gasteiger partial charge in [-0.1, -0.05) is 0 Å². The minimum atomic E-state index is -1.04. The van der Waals surface area contributed by atoms with Gasteiger partial charge in [-0.05, 0) is 25.0 Å². The lowest BCUT2D eigenvalue weighted by Gasteiger charge is -2.31. The fourth-order valence-electron chi connectivity index (χ4n) is 2.28. The fraction of sp³-hybridized carbons (Fsp3) is 0.357. The van der Waals surface area contributed by atoms with Crippen LogP contribution >= 0.6 is 0 Å². The lowest BCUT2D eigenvalue weighted by molar-refractivity contribution is -0.133. The Bertz CT molecular complexity index is 595. The van der Waals surface area contributed by atoms with E-state index in [0.717, 1.165) is 12.1 Å². The van der Waals surface area contributed by atoms with E-state index in [4.69, 9.17) is 5.26 Å². The van der Waals surface area contributed by atoms with Gasteiger partial charge in [0.1, 0.15) is 0 Å². The van der Waals surface area contributed by atoms with Crippen LogP contribution in [0.5, 0.6) is 0 Å². The molecule has 1 amide bonds. The number of nitrogens with zero attached hydrogens (tertiary/aromatic N) is 2. The Kier molecular flexibility index (Phi) is 4.08. The SMILES string of the molecule is N#CCC(=O)[C@H]1CCCN(c2ccc(F)c(F)c2)C1=O. The molecule has 1 saturated heterocycles. The molecule has 0 aromatic heterocycles. The maximum absolute atomic E-state index is 13.2. The molecule has 0 saturated carbocycles. The molecule has 0 spiro atoms. The van der Waals surface area contributed by atoms with E-state index in [2.05, 4.69) is 0 Å². The summed E-state index contributed by atoms with van der Waals surface area (Å²) in [6.45, 7) is 0.347. The van der Waals surface area contributed by atoms with Crippen LogP contribution in [0, 0.1) is 28.9 Å². The zero-order valence-electron chi connectivity index (χ0n) is 10.6. The maximum Gasteiger partial charge on any atom is 0.237 e. The molecule has 2 rings (SSSR count). The van der Waals surface area contributed by atoms with E-state index in [-0.39, 0.29) is 12.1 Å². The smallest absolute Gasteiger partial charge is 0.237 e. The number of carbonyl (C=O) groups is 2. The monoisotopic (exact) mass is 278 g/mol. The summed E-state index contributed by atoms with van der Waals surface area (Å²) in [7, 11) is 0. The number of hydrogen-bond acceptors (Lipinski definition) is 3. The average Bonchev–Trinajstić information content (AvgIpc) is 2.42. The molecule has 0 bridgehead atoms. The van der Waals surface area contributed by atoms with E-state index in [0.29, 0.717) is 19.4 Å². The van der Waals surface area contributed by atoms with Gasteiger partial charge in [-0.2, -0.15) is 5.26 Å². The molecule has 20 heavy (non-hydrogen) atoms. The number of anilines is 1. The third-order valence-corrected chi connectivity index (χ3v) is 3.30. The number of carbonyl (C=O) groups excluding carboxylic acids is 2. The molecular weight excluding hydrogens is 266 g/mol. The first-order valence-electron chi connectivity index (χ1n) is 6.20. The lowest BCUT2D eigenvalue weighted by Crippen LogP contribution is -2.44. The third-order valence-electron chi connectivity index (χ3n) is 3.30. The summed E-state index contributed by atoms with van der Waals surface area (Å²) >= 11 is 0. The molecule has 6 heteroatoms. The number of amides is 1. The van der Waals surface area contributed by atoms with Gasteiger partial charge in [0.25, 0.3) is 0 Å². The summed E-state index contributed by atoms with van der Waals surface area (Å²) < 4.78 is 26.1. The summed E-state index contributed by atoms with van der Waals surface area (Å²) in [6.07, 6.45) is 0.647. The van der Waals surface area contributed by atoms with Crippen molar-refractivity contribution >= 4 is 17.4 Å². The molecule has 1 aliphatic rings. The van der Waals surface area contributed by atoms with Crippen molar-refractivity contribution in [3.8, 4) is 6.07 Å². The highest BCUT2D eigenvalue weighted by Crippen LogP contribution is 2.26. The first-order chi connectivity index (χ1) is 9.54. The number of nitriles is 1. The molecule has 1 atom stereocenters. The summed E-state index contributed by atoms with van der Waals surface area (Å²) in [5.74, 6) is -3.78. The van der Waals surface area contributed by atoms with Crippen LogP contribution in [0.15, 0.2) is 18.2 Å². The van der Waals surface area contributed by atoms with Gasteiger partial charge in [-0.3, -0.25) is 9.59 Å². The minimum Gasteiger partial charge on any atom is -0.312 e. The quantitative estimate of drug-likeness (QED) is 0.796. The second-order valence-corrected chi connectivity index (χ2v) is 4.58. The number of ketones is 1. The first-order valence-corrected chi connectivity index (χ1v) is 6.20. The molecule has 0 aliphatic carbocycles. The molecule has 0 unspecified atom stereocenters. The largest absolute Gasteiger partial charge is 0.312 e. The Hall–Kier alpha value is -2.29. The average molecular weight is 278 g/mol. The highest BCUT2D eigenvalue weighted by atomic mass is 19.2. The van der Waals surface area contributed by atoms with Crippen molar-refractivity contribution in [3.05, 3.63) is 29.8 Å². The van der Waals surface area contributed by atoms with E-state index in [1.807, 2.05) is 0 Å². The predicted octanol–water partition coefficient (Wildman–Crippen LogP) is 2.19.